The van der Waals surface area contributed by atoms with Crippen molar-refractivity contribution in [2.75, 3.05) is 0 Å². The summed E-state index contributed by atoms with van der Waals surface area (Å²) in [5, 5.41) is 12.4. The van der Waals surface area contributed by atoms with Gasteiger partial charge in [-0.15, -0.1) is 0 Å². The van der Waals surface area contributed by atoms with Gasteiger partial charge < -0.3 is 9.63 Å². The van der Waals surface area contributed by atoms with Crippen LogP contribution in [0.4, 0.5) is 0 Å². The number of aromatic nitrogens is 1. The number of hydrogen-bond donors (Lipinski definition) is 1. The maximum absolute atomic E-state index is 8.81. The zero-order valence-corrected chi connectivity index (χ0v) is 5.22. The minimum absolute atomic E-state index is 0.103. The van der Waals surface area contributed by atoms with Crippen LogP contribution in [0.25, 0.3) is 0 Å². The summed E-state index contributed by atoms with van der Waals surface area (Å²) in [6.45, 7) is 5.34. The molecule has 1 rings (SSSR count). The molecule has 0 atom stereocenters. The van der Waals surface area contributed by atoms with Gasteiger partial charge in [-0.2, -0.15) is 0 Å². The van der Waals surface area contributed by atoms with Crippen LogP contribution in [0.15, 0.2) is 4.52 Å². The topological polar surface area (TPSA) is 46.3 Å². The lowest BCUT2D eigenvalue weighted by atomic mass is 10.2. The minimum Gasteiger partial charge on any atom is -0.479 e. The molecule has 0 spiro atoms. The monoisotopic (exact) mass is 126 g/mol. The Morgan fingerprint density at radius 1 is 1.78 bits per heavy atom. The standard InChI is InChI=1S/C6H8NO2/c1-3-5-4(2)6(8)9-7-5/h8H,1,3H2,2H3. The third-order valence-electron chi connectivity index (χ3n) is 1.23. The minimum atomic E-state index is -0.103. The van der Waals surface area contributed by atoms with Gasteiger partial charge in [0.2, 0.25) is 0 Å². The van der Waals surface area contributed by atoms with E-state index in [0.717, 1.165) is 0 Å². The van der Waals surface area contributed by atoms with Crippen LogP contribution in [-0.4, -0.2) is 10.3 Å². The lowest BCUT2D eigenvalue weighted by molar-refractivity contribution is 0.274. The Labute approximate surface area is 53.3 Å². The van der Waals surface area contributed by atoms with Gasteiger partial charge in [0, 0.05) is 0 Å². The molecular weight excluding hydrogens is 118 g/mol. The number of rotatable bonds is 1. The number of hydrogen-bond acceptors (Lipinski definition) is 3. The summed E-state index contributed by atoms with van der Waals surface area (Å²) in [7, 11) is 0. The Kier molecular flexibility index (Phi) is 1.42. The van der Waals surface area contributed by atoms with Crippen LogP contribution >= 0.6 is 0 Å². The lowest BCUT2D eigenvalue weighted by Crippen LogP contribution is -1.80. The van der Waals surface area contributed by atoms with Crippen molar-refractivity contribution in [2.24, 2.45) is 0 Å². The van der Waals surface area contributed by atoms with Crippen LogP contribution in [0.3, 0.4) is 0 Å². The van der Waals surface area contributed by atoms with E-state index >= 15 is 0 Å². The second-order valence-corrected chi connectivity index (χ2v) is 1.81. The third-order valence-corrected chi connectivity index (χ3v) is 1.23. The second kappa shape index (κ2) is 2.09. The first-order valence-corrected chi connectivity index (χ1v) is 2.69. The summed E-state index contributed by atoms with van der Waals surface area (Å²) >= 11 is 0. The summed E-state index contributed by atoms with van der Waals surface area (Å²) < 4.78 is 4.45. The average molecular weight is 126 g/mol. The Morgan fingerprint density at radius 3 is 2.67 bits per heavy atom. The molecule has 1 N–H and O–H groups in total. The predicted octanol–water partition coefficient (Wildman–Crippen LogP) is 1.07. The molecule has 1 heterocycles. The van der Waals surface area contributed by atoms with Crippen molar-refractivity contribution in [3.8, 4) is 5.95 Å². The van der Waals surface area contributed by atoms with E-state index < -0.39 is 0 Å². The molecule has 0 aromatic carbocycles. The fourth-order valence-electron chi connectivity index (χ4n) is 0.592. The van der Waals surface area contributed by atoms with E-state index in [1.54, 1.807) is 6.92 Å². The van der Waals surface area contributed by atoms with Crippen LogP contribution in [-0.2, 0) is 6.42 Å². The maximum Gasteiger partial charge on any atom is 0.311 e. The third kappa shape index (κ3) is 0.896. The molecular formula is C6H8NO2. The summed E-state index contributed by atoms with van der Waals surface area (Å²) in [5.41, 5.74) is 1.40. The maximum atomic E-state index is 8.81. The van der Waals surface area contributed by atoms with Crippen molar-refractivity contribution in [2.45, 2.75) is 13.3 Å². The van der Waals surface area contributed by atoms with E-state index in [0.29, 0.717) is 17.7 Å². The molecule has 49 valence electrons. The van der Waals surface area contributed by atoms with E-state index in [9.17, 15) is 0 Å². The Morgan fingerprint density at radius 2 is 2.44 bits per heavy atom. The van der Waals surface area contributed by atoms with Gasteiger partial charge in [0.05, 0.1) is 11.3 Å². The van der Waals surface area contributed by atoms with Gasteiger partial charge in [-0.1, -0.05) is 5.16 Å². The average Bonchev–Trinajstić information content (AvgIpc) is 2.15. The van der Waals surface area contributed by atoms with Crippen LogP contribution < -0.4 is 0 Å². The van der Waals surface area contributed by atoms with Gasteiger partial charge in [0.1, 0.15) is 0 Å². The van der Waals surface area contributed by atoms with E-state index in [1.165, 1.54) is 0 Å². The highest BCUT2D eigenvalue weighted by Gasteiger charge is 2.06. The van der Waals surface area contributed by atoms with Gasteiger partial charge in [-0.05, 0) is 20.3 Å². The molecule has 0 bridgehead atoms. The van der Waals surface area contributed by atoms with Gasteiger partial charge in [-0.3, -0.25) is 0 Å². The van der Waals surface area contributed by atoms with E-state index in [1.807, 2.05) is 0 Å². The molecule has 0 aliphatic rings. The summed E-state index contributed by atoms with van der Waals surface area (Å²) in [6.07, 6.45) is 0.551. The molecule has 1 aromatic heterocycles. The van der Waals surface area contributed by atoms with Crippen molar-refractivity contribution in [1.29, 1.82) is 0 Å². The predicted molar refractivity (Wildman–Crippen MR) is 32.0 cm³/mol. The van der Waals surface area contributed by atoms with Crippen LogP contribution in [0.1, 0.15) is 11.3 Å². The molecule has 0 saturated heterocycles. The largest absolute Gasteiger partial charge is 0.479 e. The highest BCUT2D eigenvalue weighted by molar-refractivity contribution is 5.24. The van der Waals surface area contributed by atoms with E-state index in [2.05, 4.69) is 16.6 Å². The Balaban J connectivity index is 3.04. The quantitative estimate of drug-likeness (QED) is 0.612. The molecule has 0 aliphatic carbocycles. The Bertz CT molecular complexity index is 205. The smallest absolute Gasteiger partial charge is 0.311 e. The highest BCUT2D eigenvalue weighted by atomic mass is 16.5. The van der Waals surface area contributed by atoms with Crippen molar-refractivity contribution >= 4 is 0 Å². The molecule has 3 heteroatoms. The zero-order chi connectivity index (χ0) is 6.85. The highest BCUT2D eigenvalue weighted by Crippen LogP contribution is 2.18. The fraction of sp³-hybridized carbons (Fsp3) is 0.333. The van der Waals surface area contributed by atoms with Crippen LogP contribution in [0.5, 0.6) is 5.95 Å². The van der Waals surface area contributed by atoms with Crippen molar-refractivity contribution in [1.82, 2.24) is 5.16 Å². The normalized spacial score (nSPS) is 10.0. The number of nitrogens with zero attached hydrogens (tertiary/aromatic N) is 1. The van der Waals surface area contributed by atoms with Crippen LogP contribution in [0, 0.1) is 13.8 Å². The SMILES string of the molecule is [CH2]Cc1noc(O)c1C. The molecule has 0 fully saturated rings. The molecule has 0 amide bonds. The van der Waals surface area contributed by atoms with Crippen molar-refractivity contribution < 1.29 is 9.63 Å². The first-order chi connectivity index (χ1) is 4.25. The van der Waals surface area contributed by atoms with Gasteiger partial charge >= 0.3 is 5.95 Å². The second-order valence-electron chi connectivity index (χ2n) is 1.81. The Hall–Kier alpha value is -0.990. The molecule has 3 nitrogen and oxygen atoms in total. The molecule has 9 heavy (non-hydrogen) atoms. The molecule has 0 saturated carbocycles. The zero-order valence-electron chi connectivity index (χ0n) is 5.22. The molecule has 1 aromatic rings. The fourth-order valence-corrected chi connectivity index (χ4v) is 0.592. The summed E-state index contributed by atoms with van der Waals surface area (Å²) in [4.78, 5) is 0. The lowest BCUT2D eigenvalue weighted by Gasteiger charge is -1.84. The van der Waals surface area contributed by atoms with Crippen molar-refractivity contribution in [3.05, 3.63) is 18.2 Å². The van der Waals surface area contributed by atoms with Gasteiger partial charge in [0.15, 0.2) is 0 Å². The van der Waals surface area contributed by atoms with Gasteiger partial charge in [-0.25, -0.2) is 0 Å². The van der Waals surface area contributed by atoms with Gasteiger partial charge in [0.25, 0.3) is 0 Å². The van der Waals surface area contributed by atoms with Crippen molar-refractivity contribution in [3.63, 3.8) is 0 Å². The van der Waals surface area contributed by atoms with Crippen LogP contribution in [0.2, 0.25) is 0 Å². The van der Waals surface area contributed by atoms with E-state index in [-0.39, 0.29) is 5.95 Å². The molecule has 1 radical (unpaired) electrons. The first kappa shape index (κ1) is 6.13. The summed E-state index contributed by atoms with van der Waals surface area (Å²) in [5.74, 6) is -0.103. The molecule has 0 aliphatic heterocycles. The first-order valence-electron chi connectivity index (χ1n) is 2.69. The molecule has 0 unspecified atom stereocenters. The summed E-state index contributed by atoms with van der Waals surface area (Å²) in [6, 6.07) is 0. The number of aromatic hydroxyl groups is 1. The van der Waals surface area contributed by atoms with E-state index in [4.69, 9.17) is 5.11 Å².